The number of nitrogens with zero attached hydrogens (tertiary/aromatic N) is 2. The fourth-order valence-electron chi connectivity index (χ4n) is 8.54. The summed E-state index contributed by atoms with van der Waals surface area (Å²) >= 11 is 0. The molecule has 2 nitrogen and oxygen atoms in total. The molecule has 0 bridgehead atoms. The van der Waals surface area contributed by atoms with Gasteiger partial charge in [0, 0.05) is 33.8 Å². The van der Waals surface area contributed by atoms with E-state index in [0.29, 0.717) is 5.92 Å². The third kappa shape index (κ3) is 3.67. The monoisotopic (exact) mass is 600 g/mol. The van der Waals surface area contributed by atoms with Crippen molar-refractivity contribution in [3.05, 3.63) is 181 Å². The summed E-state index contributed by atoms with van der Waals surface area (Å²) in [5.41, 5.74) is 14.8. The highest BCUT2D eigenvalue weighted by Gasteiger charge is 2.37. The highest BCUT2D eigenvalue weighted by atomic mass is 15.2. The summed E-state index contributed by atoms with van der Waals surface area (Å²) in [6.45, 7) is 6.96. The van der Waals surface area contributed by atoms with Gasteiger partial charge in [-0.2, -0.15) is 0 Å². The second-order valence-corrected chi connectivity index (χ2v) is 13.0. The van der Waals surface area contributed by atoms with E-state index in [2.05, 4.69) is 168 Å². The Morgan fingerprint density at radius 2 is 1.40 bits per heavy atom. The molecule has 0 fully saturated rings. The maximum absolute atomic E-state index is 4.71. The van der Waals surface area contributed by atoms with Crippen molar-refractivity contribution >= 4 is 60.7 Å². The molecule has 0 saturated heterocycles. The molecule has 0 N–H and O–H groups in total. The molecule has 10 rings (SSSR count). The number of benzene rings is 6. The Kier molecular flexibility index (Phi) is 5.51. The van der Waals surface area contributed by atoms with Gasteiger partial charge in [-0.15, -0.1) is 0 Å². The lowest BCUT2D eigenvalue weighted by Crippen LogP contribution is -2.28. The minimum atomic E-state index is 0.260. The molecule has 2 aliphatic carbocycles. The van der Waals surface area contributed by atoms with Gasteiger partial charge in [-0.25, -0.2) is 0 Å². The largest absolute Gasteiger partial charge is 0.333 e. The molecule has 222 valence electrons. The minimum absolute atomic E-state index is 0.260. The van der Waals surface area contributed by atoms with Crippen molar-refractivity contribution in [2.75, 3.05) is 4.90 Å². The van der Waals surface area contributed by atoms with Crippen LogP contribution >= 0.6 is 0 Å². The number of hydrogen-bond acceptors (Lipinski definition) is 1. The molecule has 2 heteroatoms. The number of fused-ring (bicyclic) bond motifs is 6. The van der Waals surface area contributed by atoms with Crippen molar-refractivity contribution < 1.29 is 0 Å². The molecule has 47 heavy (non-hydrogen) atoms. The average Bonchev–Trinajstić information content (AvgIpc) is 3.74. The van der Waals surface area contributed by atoms with E-state index in [9.17, 15) is 0 Å². The predicted molar refractivity (Wildman–Crippen MR) is 200 cm³/mol. The van der Waals surface area contributed by atoms with Crippen molar-refractivity contribution in [3.63, 3.8) is 0 Å². The molecule has 3 aliphatic rings. The Morgan fingerprint density at radius 1 is 0.638 bits per heavy atom. The fourth-order valence-corrected chi connectivity index (χ4v) is 8.54. The lowest BCUT2D eigenvalue weighted by molar-refractivity contribution is 0.745. The molecular formula is C45H32N2. The number of allylic oxidation sites excluding steroid dienone is 5. The summed E-state index contributed by atoms with van der Waals surface area (Å²) in [4.78, 5) is 2.52. The second-order valence-electron chi connectivity index (χ2n) is 13.0. The SMILES string of the molecule is C=C(C1=C(C)c2cccc3cccc1c23)c1cccc(-n2c3ccccc3c3ccc(N4c5ccccc5C5C=CC=CC54)cc32)c1. The van der Waals surface area contributed by atoms with Gasteiger partial charge in [0.05, 0.1) is 17.1 Å². The van der Waals surface area contributed by atoms with Gasteiger partial charge in [0.25, 0.3) is 0 Å². The maximum atomic E-state index is 4.71. The minimum Gasteiger partial charge on any atom is -0.333 e. The van der Waals surface area contributed by atoms with Gasteiger partial charge in [0.1, 0.15) is 0 Å². The first-order valence-electron chi connectivity index (χ1n) is 16.5. The molecule has 2 heterocycles. The van der Waals surface area contributed by atoms with Gasteiger partial charge in [0.15, 0.2) is 0 Å². The molecule has 7 aromatic rings. The van der Waals surface area contributed by atoms with Crippen LogP contribution in [-0.2, 0) is 0 Å². The Bertz CT molecular complexity index is 2570. The third-order valence-electron chi connectivity index (χ3n) is 10.6. The number of rotatable bonds is 4. The van der Waals surface area contributed by atoms with E-state index >= 15 is 0 Å². The zero-order valence-electron chi connectivity index (χ0n) is 26.2. The molecule has 6 aromatic carbocycles. The third-order valence-corrected chi connectivity index (χ3v) is 10.6. The van der Waals surface area contributed by atoms with Crippen LogP contribution in [0.15, 0.2) is 158 Å². The van der Waals surface area contributed by atoms with E-state index in [4.69, 9.17) is 6.58 Å². The fraction of sp³-hybridized carbons (Fsp3) is 0.0667. The zero-order valence-corrected chi connectivity index (χ0v) is 26.2. The predicted octanol–water partition coefficient (Wildman–Crippen LogP) is 11.6. The summed E-state index contributed by atoms with van der Waals surface area (Å²) in [7, 11) is 0. The maximum Gasteiger partial charge on any atom is 0.0629 e. The van der Waals surface area contributed by atoms with Gasteiger partial charge < -0.3 is 9.47 Å². The summed E-state index contributed by atoms with van der Waals surface area (Å²) in [5, 5.41) is 5.13. The molecule has 2 unspecified atom stereocenters. The van der Waals surface area contributed by atoms with Crippen molar-refractivity contribution in [1.29, 1.82) is 0 Å². The Labute approximate surface area is 274 Å². The first-order chi connectivity index (χ1) is 23.2. The van der Waals surface area contributed by atoms with E-state index in [1.807, 2.05) is 0 Å². The van der Waals surface area contributed by atoms with Crippen LogP contribution in [0.5, 0.6) is 0 Å². The van der Waals surface area contributed by atoms with E-state index < -0.39 is 0 Å². The lowest BCUT2D eigenvalue weighted by Gasteiger charge is -2.29. The van der Waals surface area contributed by atoms with Crippen LogP contribution in [0, 0.1) is 0 Å². The second kappa shape index (κ2) is 9.82. The van der Waals surface area contributed by atoms with Gasteiger partial charge >= 0.3 is 0 Å². The molecular weight excluding hydrogens is 569 g/mol. The van der Waals surface area contributed by atoms with Crippen LogP contribution in [0.4, 0.5) is 11.4 Å². The number of anilines is 2. The molecule has 0 radical (unpaired) electrons. The van der Waals surface area contributed by atoms with Crippen LogP contribution in [0.2, 0.25) is 0 Å². The Morgan fingerprint density at radius 3 is 2.32 bits per heavy atom. The molecule has 2 atom stereocenters. The van der Waals surface area contributed by atoms with Crippen LogP contribution in [-0.4, -0.2) is 10.6 Å². The summed E-state index contributed by atoms with van der Waals surface area (Å²) in [6.07, 6.45) is 9.07. The van der Waals surface area contributed by atoms with Crippen molar-refractivity contribution in [2.45, 2.75) is 18.9 Å². The molecule has 0 spiro atoms. The quantitative estimate of drug-likeness (QED) is 0.195. The van der Waals surface area contributed by atoms with E-state index in [1.54, 1.807) is 0 Å². The summed E-state index contributed by atoms with van der Waals surface area (Å²) < 4.78 is 2.44. The van der Waals surface area contributed by atoms with E-state index in [1.165, 1.54) is 71.8 Å². The van der Waals surface area contributed by atoms with Crippen molar-refractivity contribution in [1.82, 2.24) is 4.57 Å². The molecule has 0 amide bonds. The first-order valence-corrected chi connectivity index (χ1v) is 16.5. The lowest BCUT2D eigenvalue weighted by atomic mass is 9.91. The van der Waals surface area contributed by atoms with Crippen LogP contribution in [0.1, 0.15) is 35.1 Å². The van der Waals surface area contributed by atoms with Gasteiger partial charge in [-0.1, -0.05) is 122 Å². The molecule has 1 aliphatic heterocycles. The van der Waals surface area contributed by atoms with E-state index in [0.717, 1.165) is 16.8 Å². The summed E-state index contributed by atoms with van der Waals surface area (Å²) in [5.74, 6) is 0.353. The Balaban J connectivity index is 1.14. The normalized spacial score (nSPS) is 17.7. The molecule has 0 saturated carbocycles. The smallest absolute Gasteiger partial charge is 0.0629 e. The van der Waals surface area contributed by atoms with Crippen LogP contribution < -0.4 is 4.90 Å². The van der Waals surface area contributed by atoms with Crippen molar-refractivity contribution in [2.24, 2.45) is 0 Å². The number of hydrogen-bond donors (Lipinski definition) is 0. The zero-order chi connectivity index (χ0) is 31.2. The highest BCUT2D eigenvalue weighted by molar-refractivity contribution is 6.25. The van der Waals surface area contributed by atoms with Gasteiger partial charge in [-0.05, 0) is 93.1 Å². The van der Waals surface area contributed by atoms with Gasteiger partial charge in [-0.3, -0.25) is 0 Å². The van der Waals surface area contributed by atoms with Crippen LogP contribution in [0.3, 0.4) is 0 Å². The van der Waals surface area contributed by atoms with Crippen LogP contribution in [0.25, 0.3) is 55.0 Å². The topological polar surface area (TPSA) is 8.17 Å². The number of aromatic nitrogens is 1. The molecule has 1 aromatic heterocycles. The number of para-hydroxylation sites is 2. The van der Waals surface area contributed by atoms with E-state index in [-0.39, 0.29) is 6.04 Å². The highest BCUT2D eigenvalue weighted by Crippen LogP contribution is 2.49. The standard InChI is InChI=1S/C45H32N2/c1-28(44-29(2)34-19-10-12-30-13-11-20-39(44)45(30)34)31-14-9-15-32(26-31)47-42-23-8-5-18-37(42)38-25-24-33(27-43(38)47)46-40-21-6-3-16-35(40)36-17-4-7-22-41(36)46/h3-27,35,40H,1H2,2H3. The summed E-state index contributed by atoms with van der Waals surface area (Å²) in [6, 6.07) is 47.1. The van der Waals surface area contributed by atoms with Gasteiger partial charge in [0.2, 0.25) is 0 Å². The van der Waals surface area contributed by atoms with Crippen molar-refractivity contribution in [3.8, 4) is 5.69 Å². The first kappa shape index (κ1) is 26.4. The average molecular weight is 601 g/mol. The Hall–Kier alpha value is -5.86.